The molecule has 1 aromatic rings. The molecule has 1 aliphatic rings. The van der Waals surface area contributed by atoms with Crippen LogP contribution >= 0.6 is 0 Å². The summed E-state index contributed by atoms with van der Waals surface area (Å²) in [6.07, 6.45) is -0.616. The van der Waals surface area contributed by atoms with Gasteiger partial charge >= 0.3 is 0 Å². The van der Waals surface area contributed by atoms with Crippen LogP contribution in [-0.4, -0.2) is 66.6 Å². The molecule has 24 heavy (non-hydrogen) atoms. The molecule has 1 aliphatic heterocycles. The second-order valence-electron chi connectivity index (χ2n) is 6.77. The van der Waals surface area contributed by atoms with Crippen molar-refractivity contribution < 1.29 is 9.90 Å². The van der Waals surface area contributed by atoms with Gasteiger partial charge in [-0.2, -0.15) is 0 Å². The van der Waals surface area contributed by atoms with E-state index in [0.717, 1.165) is 44.8 Å². The maximum atomic E-state index is 12.0. The average molecular weight is 333 g/mol. The quantitative estimate of drug-likeness (QED) is 0.757. The summed E-state index contributed by atoms with van der Waals surface area (Å²) in [5.41, 5.74) is 0.787. The third kappa shape index (κ3) is 6.23. The largest absolute Gasteiger partial charge is 0.388 e. The van der Waals surface area contributed by atoms with Gasteiger partial charge < -0.3 is 20.2 Å². The molecule has 0 radical (unpaired) electrons. The monoisotopic (exact) mass is 333 g/mol. The van der Waals surface area contributed by atoms with E-state index in [-0.39, 0.29) is 12.3 Å². The zero-order valence-electron chi connectivity index (χ0n) is 14.9. The zero-order chi connectivity index (χ0) is 17.4. The summed E-state index contributed by atoms with van der Waals surface area (Å²) < 4.78 is 0. The predicted molar refractivity (Wildman–Crippen MR) is 96.7 cm³/mol. The van der Waals surface area contributed by atoms with Gasteiger partial charge in [0.15, 0.2) is 0 Å². The summed E-state index contributed by atoms with van der Waals surface area (Å²) in [5, 5.41) is 13.0. The lowest BCUT2D eigenvalue weighted by Crippen LogP contribution is -2.48. The Labute approximate surface area is 145 Å². The standard InChI is InChI=1S/C19H31N3O2/c1-3-21-9-11-22(12-10-21)15-16(2)14-20-19(24)13-18(23)17-7-5-4-6-8-17/h4-8,16,18,23H,3,9-15H2,1-2H3,(H,20,24). The molecule has 1 fully saturated rings. The predicted octanol–water partition coefficient (Wildman–Crippen LogP) is 1.50. The van der Waals surface area contributed by atoms with E-state index in [4.69, 9.17) is 0 Å². The lowest BCUT2D eigenvalue weighted by atomic mass is 10.1. The number of aliphatic hydroxyl groups is 1. The summed E-state index contributed by atoms with van der Waals surface area (Å²) in [6.45, 7) is 11.7. The molecule has 2 rings (SSSR count). The van der Waals surface area contributed by atoms with Crippen molar-refractivity contribution in [2.45, 2.75) is 26.4 Å². The second kappa shape index (κ2) is 9.77. The van der Waals surface area contributed by atoms with E-state index in [1.165, 1.54) is 0 Å². The van der Waals surface area contributed by atoms with Gasteiger partial charge in [-0.15, -0.1) is 0 Å². The molecule has 1 amide bonds. The molecule has 1 heterocycles. The van der Waals surface area contributed by atoms with Gasteiger partial charge in [-0.1, -0.05) is 44.2 Å². The molecular weight excluding hydrogens is 302 g/mol. The number of hydrogen-bond acceptors (Lipinski definition) is 4. The van der Waals surface area contributed by atoms with Gasteiger partial charge in [-0.3, -0.25) is 4.79 Å². The topological polar surface area (TPSA) is 55.8 Å². The summed E-state index contributed by atoms with van der Waals surface area (Å²) in [4.78, 5) is 17.0. The van der Waals surface area contributed by atoms with Crippen LogP contribution in [0.2, 0.25) is 0 Å². The molecule has 2 unspecified atom stereocenters. The highest BCUT2D eigenvalue weighted by atomic mass is 16.3. The Hall–Kier alpha value is -1.43. The van der Waals surface area contributed by atoms with E-state index < -0.39 is 6.10 Å². The van der Waals surface area contributed by atoms with E-state index >= 15 is 0 Å². The van der Waals surface area contributed by atoms with Gasteiger partial charge in [0.25, 0.3) is 0 Å². The van der Waals surface area contributed by atoms with Gasteiger partial charge in [0.1, 0.15) is 0 Å². The van der Waals surface area contributed by atoms with Crippen LogP contribution in [0.1, 0.15) is 31.9 Å². The molecule has 5 nitrogen and oxygen atoms in total. The minimum atomic E-state index is -0.733. The van der Waals surface area contributed by atoms with Gasteiger partial charge in [0.05, 0.1) is 12.5 Å². The first-order valence-electron chi connectivity index (χ1n) is 9.03. The number of likely N-dealkylation sites (N-methyl/N-ethyl adjacent to an activating group) is 1. The molecule has 1 aromatic carbocycles. The fourth-order valence-electron chi connectivity index (χ4n) is 3.12. The average Bonchev–Trinajstić information content (AvgIpc) is 2.61. The first kappa shape index (κ1) is 18.9. The van der Waals surface area contributed by atoms with Gasteiger partial charge in [-0.25, -0.2) is 0 Å². The van der Waals surface area contributed by atoms with Crippen LogP contribution in [0.5, 0.6) is 0 Å². The van der Waals surface area contributed by atoms with Crippen molar-refractivity contribution in [2.75, 3.05) is 45.8 Å². The maximum Gasteiger partial charge on any atom is 0.222 e. The Morgan fingerprint density at radius 1 is 1.17 bits per heavy atom. The first-order valence-corrected chi connectivity index (χ1v) is 9.03. The molecule has 0 bridgehead atoms. The SMILES string of the molecule is CCN1CCN(CC(C)CNC(=O)CC(O)c2ccccc2)CC1. The summed E-state index contributed by atoms with van der Waals surface area (Å²) in [7, 11) is 0. The van der Waals surface area contributed by atoms with Gasteiger partial charge in [-0.05, 0) is 18.0 Å². The number of hydrogen-bond donors (Lipinski definition) is 2. The Morgan fingerprint density at radius 3 is 2.42 bits per heavy atom. The summed E-state index contributed by atoms with van der Waals surface area (Å²) in [6, 6.07) is 9.33. The van der Waals surface area contributed by atoms with E-state index in [0.29, 0.717) is 12.5 Å². The third-order valence-corrected chi connectivity index (χ3v) is 4.69. The number of piperazine rings is 1. The zero-order valence-corrected chi connectivity index (χ0v) is 14.9. The fraction of sp³-hybridized carbons (Fsp3) is 0.632. The molecule has 2 atom stereocenters. The number of benzene rings is 1. The van der Waals surface area contributed by atoms with Crippen LogP contribution in [0.3, 0.4) is 0 Å². The van der Waals surface area contributed by atoms with Crippen LogP contribution in [0, 0.1) is 5.92 Å². The maximum absolute atomic E-state index is 12.0. The van der Waals surface area contributed by atoms with E-state index in [2.05, 4.69) is 29.0 Å². The molecule has 0 saturated carbocycles. The van der Waals surface area contributed by atoms with Crippen LogP contribution in [0.15, 0.2) is 30.3 Å². The minimum absolute atomic E-state index is 0.0889. The van der Waals surface area contributed by atoms with Crippen molar-refractivity contribution in [3.63, 3.8) is 0 Å². The van der Waals surface area contributed by atoms with Gasteiger partial charge in [0, 0.05) is 39.3 Å². The van der Waals surface area contributed by atoms with Crippen LogP contribution in [0.4, 0.5) is 0 Å². The minimum Gasteiger partial charge on any atom is -0.388 e. The van der Waals surface area contributed by atoms with Crippen molar-refractivity contribution >= 4 is 5.91 Å². The number of nitrogens with zero attached hydrogens (tertiary/aromatic N) is 2. The second-order valence-corrected chi connectivity index (χ2v) is 6.77. The lowest BCUT2D eigenvalue weighted by molar-refractivity contribution is -0.123. The Bertz CT molecular complexity index is 487. The van der Waals surface area contributed by atoms with E-state index in [1.54, 1.807) is 0 Å². The van der Waals surface area contributed by atoms with Crippen LogP contribution in [0.25, 0.3) is 0 Å². The number of carbonyl (C=O) groups excluding carboxylic acids is 1. The number of amides is 1. The Kier molecular flexibility index (Phi) is 7.69. The molecule has 134 valence electrons. The lowest BCUT2D eigenvalue weighted by Gasteiger charge is -2.35. The van der Waals surface area contributed by atoms with E-state index in [9.17, 15) is 9.90 Å². The highest BCUT2D eigenvalue weighted by Gasteiger charge is 2.18. The highest BCUT2D eigenvalue weighted by Crippen LogP contribution is 2.15. The fourth-order valence-corrected chi connectivity index (χ4v) is 3.12. The third-order valence-electron chi connectivity index (χ3n) is 4.69. The van der Waals surface area contributed by atoms with Crippen molar-refractivity contribution in [1.82, 2.24) is 15.1 Å². The van der Waals surface area contributed by atoms with E-state index in [1.807, 2.05) is 30.3 Å². The van der Waals surface area contributed by atoms with Gasteiger partial charge in [0.2, 0.25) is 5.91 Å². The highest BCUT2D eigenvalue weighted by molar-refractivity contribution is 5.76. The molecule has 0 aliphatic carbocycles. The van der Waals surface area contributed by atoms with Crippen LogP contribution < -0.4 is 5.32 Å². The number of carbonyl (C=O) groups is 1. The molecule has 5 heteroatoms. The number of aliphatic hydroxyl groups excluding tert-OH is 1. The summed E-state index contributed by atoms with van der Waals surface area (Å²) in [5.74, 6) is 0.324. The number of rotatable bonds is 8. The van der Waals surface area contributed by atoms with Crippen LogP contribution in [-0.2, 0) is 4.79 Å². The molecule has 1 saturated heterocycles. The van der Waals surface area contributed by atoms with Crippen molar-refractivity contribution in [1.29, 1.82) is 0 Å². The summed E-state index contributed by atoms with van der Waals surface area (Å²) >= 11 is 0. The Morgan fingerprint density at radius 2 is 1.79 bits per heavy atom. The Balaban J connectivity index is 1.64. The normalized spacial score (nSPS) is 19.0. The van der Waals surface area contributed by atoms with Crippen molar-refractivity contribution in [3.8, 4) is 0 Å². The molecular formula is C19H31N3O2. The van der Waals surface area contributed by atoms with Crippen molar-refractivity contribution in [2.24, 2.45) is 5.92 Å². The number of nitrogens with one attached hydrogen (secondary N) is 1. The molecule has 0 spiro atoms. The molecule has 0 aromatic heterocycles. The van der Waals surface area contributed by atoms with Crippen molar-refractivity contribution in [3.05, 3.63) is 35.9 Å². The first-order chi connectivity index (χ1) is 11.6. The molecule has 2 N–H and O–H groups in total. The smallest absolute Gasteiger partial charge is 0.222 e.